The molecule has 0 aliphatic rings. The predicted octanol–water partition coefficient (Wildman–Crippen LogP) is 0.714. The van der Waals surface area contributed by atoms with Gasteiger partial charge in [0.15, 0.2) is 5.78 Å². The van der Waals surface area contributed by atoms with Crippen molar-refractivity contribution < 1.29 is 19.8 Å². The third kappa shape index (κ3) is 3.36. The highest BCUT2D eigenvalue weighted by Crippen LogP contribution is 2.01. The smallest absolute Gasteiger partial charge is 0.340 e. The van der Waals surface area contributed by atoms with Gasteiger partial charge in [0.2, 0.25) is 6.10 Å². The standard InChI is InChI=1S/C11H10O4/c12-9(10(13)11(14)15)7-6-8-4-2-1-3-5-8/h1-7,10,13H,(H,14,15)/b7-6+. The Morgan fingerprint density at radius 2 is 1.80 bits per heavy atom. The number of carboxylic acid groups (broad SMARTS) is 1. The van der Waals surface area contributed by atoms with E-state index in [1.165, 1.54) is 6.08 Å². The van der Waals surface area contributed by atoms with E-state index in [-0.39, 0.29) is 0 Å². The van der Waals surface area contributed by atoms with Crippen molar-refractivity contribution in [1.29, 1.82) is 0 Å². The van der Waals surface area contributed by atoms with Crippen LogP contribution in [0, 0.1) is 0 Å². The van der Waals surface area contributed by atoms with Gasteiger partial charge in [-0.2, -0.15) is 0 Å². The summed E-state index contributed by atoms with van der Waals surface area (Å²) in [6.45, 7) is 0. The lowest BCUT2D eigenvalue weighted by atomic mass is 10.1. The number of benzene rings is 1. The molecule has 78 valence electrons. The van der Waals surface area contributed by atoms with Crippen molar-refractivity contribution in [3.8, 4) is 0 Å². The quantitative estimate of drug-likeness (QED) is 0.562. The topological polar surface area (TPSA) is 74.6 Å². The van der Waals surface area contributed by atoms with E-state index in [2.05, 4.69) is 0 Å². The average molecular weight is 206 g/mol. The Labute approximate surface area is 86.5 Å². The van der Waals surface area contributed by atoms with Crippen LogP contribution in [0.1, 0.15) is 5.56 Å². The Morgan fingerprint density at radius 1 is 1.20 bits per heavy atom. The highest BCUT2D eigenvalue weighted by atomic mass is 16.4. The molecule has 1 unspecified atom stereocenters. The van der Waals surface area contributed by atoms with Crippen LogP contribution in [0.2, 0.25) is 0 Å². The fraction of sp³-hybridized carbons (Fsp3) is 0.0909. The Balaban J connectivity index is 2.67. The van der Waals surface area contributed by atoms with Crippen LogP contribution in [0.3, 0.4) is 0 Å². The Bertz CT molecular complexity index is 381. The van der Waals surface area contributed by atoms with Gasteiger partial charge in [-0.15, -0.1) is 0 Å². The van der Waals surface area contributed by atoms with E-state index >= 15 is 0 Å². The molecule has 0 saturated carbocycles. The summed E-state index contributed by atoms with van der Waals surface area (Å²) in [5.41, 5.74) is 0.767. The fourth-order valence-corrected chi connectivity index (χ4v) is 0.955. The first-order valence-corrected chi connectivity index (χ1v) is 4.29. The van der Waals surface area contributed by atoms with Gasteiger partial charge in [-0.3, -0.25) is 4.79 Å². The Kier molecular flexibility index (Phi) is 3.76. The maximum absolute atomic E-state index is 11.0. The predicted molar refractivity (Wildman–Crippen MR) is 54.1 cm³/mol. The molecule has 0 bridgehead atoms. The molecule has 0 spiro atoms. The lowest BCUT2D eigenvalue weighted by Gasteiger charge is -1.98. The van der Waals surface area contributed by atoms with Crippen molar-refractivity contribution >= 4 is 17.8 Å². The van der Waals surface area contributed by atoms with Gasteiger partial charge in [-0.05, 0) is 11.6 Å². The molecular weight excluding hydrogens is 196 g/mol. The summed E-state index contributed by atoms with van der Waals surface area (Å²) >= 11 is 0. The summed E-state index contributed by atoms with van der Waals surface area (Å²) in [6, 6.07) is 8.93. The third-order valence-electron chi connectivity index (χ3n) is 1.74. The Morgan fingerprint density at radius 3 is 2.33 bits per heavy atom. The summed E-state index contributed by atoms with van der Waals surface area (Å²) < 4.78 is 0. The van der Waals surface area contributed by atoms with Gasteiger partial charge < -0.3 is 10.2 Å². The second-order valence-corrected chi connectivity index (χ2v) is 2.89. The molecule has 1 aromatic rings. The fourth-order valence-electron chi connectivity index (χ4n) is 0.955. The molecule has 0 aromatic heterocycles. The third-order valence-corrected chi connectivity index (χ3v) is 1.74. The molecule has 0 radical (unpaired) electrons. The zero-order chi connectivity index (χ0) is 11.3. The second kappa shape index (κ2) is 5.07. The van der Waals surface area contributed by atoms with Crippen LogP contribution >= 0.6 is 0 Å². The van der Waals surface area contributed by atoms with Crippen molar-refractivity contribution in [2.75, 3.05) is 0 Å². The van der Waals surface area contributed by atoms with E-state index in [1.807, 2.05) is 6.07 Å². The van der Waals surface area contributed by atoms with Gasteiger partial charge >= 0.3 is 5.97 Å². The maximum Gasteiger partial charge on any atom is 0.340 e. The molecule has 2 N–H and O–H groups in total. The zero-order valence-electron chi connectivity index (χ0n) is 7.83. The number of aliphatic hydroxyl groups is 1. The SMILES string of the molecule is O=C(O)C(O)C(=O)/C=C/c1ccccc1. The normalized spacial score (nSPS) is 12.6. The van der Waals surface area contributed by atoms with Crippen LogP contribution in [0.4, 0.5) is 0 Å². The van der Waals surface area contributed by atoms with Gasteiger partial charge in [-0.25, -0.2) is 4.79 Å². The summed E-state index contributed by atoms with van der Waals surface area (Å²) in [4.78, 5) is 21.3. The molecule has 0 aliphatic carbocycles. The van der Waals surface area contributed by atoms with Gasteiger partial charge in [0.1, 0.15) is 0 Å². The number of hydrogen-bond donors (Lipinski definition) is 2. The number of rotatable bonds is 4. The molecule has 4 nitrogen and oxygen atoms in total. The van der Waals surface area contributed by atoms with Crippen LogP contribution in [-0.2, 0) is 9.59 Å². The number of carbonyl (C=O) groups excluding carboxylic acids is 1. The second-order valence-electron chi connectivity index (χ2n) is 2.89. The first-order valence-electron chi connectivity index (χ1n) is 4.29. The number of aliphatic hydroxyl groups excluding tert-OH is 1. The van der Waals surface area contributed by atoms with Gasteiger partial charge in [0.25, 0.3) is 0 Å². The maximum atomic E-state index is 11.0. The van der Waals surface area contributed by atoms with E-state index < -0.39 is 17.9 Å². The molecule has 0 saturated heterocycles. The van der Waals surface area contributed by atoms with Crippen molar-refractivity contribution in [3.63, 3.8) is 0 Å². The number of carbonyl (C=O) groups is 2. The summed E-state index contributed by atoms with van der Waals surface area (Å²) in [7, 11) is 0. The Hall–Kier alpha value is -1.94. The highest BCUT2D eigenvalue weighted by Gasteiger charge is 2.19. The molecule has 0 heterocycles. The number of aliphatic carboxylic acids is 1. The lowest BCUT2D eigenvalue weighted by molar-refractivity contribution is -0.150. The van der Waals surface area contributed by atoms with E-state index in [0.29, 0.717) is 0 Å². The lowest BCUT2D eigenvalue weighted by Crippen LogP contribution is -2.27. The minimum Gasteiger partial charge on any atom is -0.479 e. The molecule has 1 aromatic carbocycles. The highest BCUT2D eigenvalue weighted by molar-refractivity contribution is 6.08. The van der Waals surface area contributed by atoms with Gasteiger partial charge in [0, 0.05) is 0 Å². The van der Waals surface area contributed by atoms with Crippen LogP contribution < -0.4 is 0 Å². The van der Waals surface area contributed by atoms with Gasteiger partial charge in [0.05, 0.1) is 0 Å². The molecule has 1 atom stereocenters. The minimum atomic E-state index is -1.98. The van der Waals surface area contributed by atoms with E-state index in [0.717, 1.165) is 11.6 Å². The molecule has 0 amide bonds. The van der Waals surface area contributed by atoms with E-state index in [1.54, 1.807) is 24.3 Å². The average Bonchev–Trinajstić information content (AvgIpc) is 2.26. The minimum absolute atomic E-state index is 0.767. The number of ketones is 1. The zero-order valence-corrected chi connectivity index (χ0v) is 7.83. The summed E-state index contributed by atoms with van der Waals surface area (Å²) in [5.74, 6) is -2.39. The van der Waals surface area contributed by atoms with Crippen LogP contribution in [0.5, 0.6) is 0 Å². The molecule has 4 heteroatoms. The largest absolute Gasteiger partial charge is 0.479 e. The van der Waals surface area contributed by atoms with Crippen molar-refractivity contribution in [1.82, 2.24) is 0 Å². The number of carboxylic acids is 1. The van der Waals surface area contributed by atoms with Crippen LogP contribution in [0.15, 0.2) is 36.4 Å². The van der Waals surface area contributed by atoms with Crippen LogP contribution in [-0.4, -0.2) is 28.1 Å². The number of hydrogen-bond acceptors (Lipinski definition) is 3. The van der Waals surface area contributed by atoms with Gasteiger partial charge in [-0.1, -0.05) is 36.4 Å². The molecule has 0 aliphatic heterocycles. The van der Waals surface area contributed by atoms with Crippen molar-refractivity contribution in [2.24, 2.45) is 0 Å². The van der Waals surface area contributed by atoms with Crippen molar-refractivity contribution in [2.45, 2.75) is 6.10 Å². The summed E-state index contributed by atoms with van der Waals surface area (Å²) in [5, 5.41) is 17.2. The molecule has 15 heavy (non-hydrogen) atoms. The molecule has 1 rings (SSSR count). The molecule has 0 fully saturated rings. The first-order chi connectivity index (χ1) is 7.11. The monoisotopic (exact) mass is 206 g/mol. The van der Waals surface area contributed by atoms with Crippen LogP contribution in [0.25, 0.3) is 6.08 Å². The van der Waals surface area contributed by atoms with E-state index in [4.69, 9.17) is 10.2 Å². The first kappa shape index (κ1) is 11.1. The summed E-state index contributed by atoms with van der Waals surface area (Å²) in [6.07, 6.45) is 0.521. The van der Waals surface area contributed by atoms with Crippen molar-refractivity contribution in [3.05, 3.63) is 42.0 Å². The molecular formula is C11H10O4. The van der Waals surface area contributed by atoms with E-state index in [9.17, 15) is 9.59 Å².